The van der Waals surface area contributed by atoms with Gasteiger partial charge in [0, 0.05) is 0 Å². The highest BCUT2D eigenvalue weighted by Gasteiger charge is 2.59. The summed E-state index contributed by atoms with van der Waals surface area (Å²) in [7, 11) is 0. The quantitative estimate of drug-likeness (QED) is 0.838. The minimum absolute atomic E-state index is 0.104. The molecule has 0 saturated carbocycles. The van der Waals surface area contributed by atoms with Crippen LogP contribution >= 0.6 is 11.3 Å². The molecule has 1 rings (SSSR count). The van der Waals surface area contributed by atoms with Crippen molar-refractivity contribution in [2.75, 3.05) is 6.54 Å². The molecule has 10 heteroatoms. The van der Waals surface area contributed by atoms with Gasteiger partial charge in [-0.05, 0) is 19.9 Å². The predicted octanol–water partition coefficient (Wildman–Crippen LogP) is 3.81. The fraction of sp³-hybridized carbons (Fsp3) is 0.800. The van der Waals surface area contributed by atoms with Gasteiger partial charge in [-0.2, -0.15) is 26.3 Å². The van der Waals surface area contributed by atoms with Gasteiger partial charge in [-0.15, -0.1) is 10.2 Å². The largest absolute Gasteiger partial charge is 0.406 e. The zero-order valence-corrected chi connectivity index (χ0v) is 11.5. The second kappa shape index (κ2) is 6.25. The molecular formula is C10H13F6N3S. The molecule has 0 radical (unpaired) electrons. The summed E-state index contributed by atoms with van der Waals surface area (Å²) >= 11 is 0.329. The average molecular weight is 321 g/mol. The molecule has 1 heterocycles. The first-order valence-corrected chi connectivity index (χ1v) is 6.59. The lowest BCUT2D eigenvalue weighted by atomic mass is 10.1. The fourth-order valence-electron chi connectivity index (χ4n) is 1.45. The lowest BCUT2D eigenvalue weighted by Gasteiger charge is -2.20. The highest BCUT2D eigenvalue weighted by atomic mass is 32.1. The van der Waals surface area contributed by atoms with Crippen LogP contribution in [0, 0.1) is 0 Å². The molecule has 1 aromatic heterocycles. The van der Waals surface area contributed by atoms with E-state index in [2.05, 4.69) is 15.5 Å². The van der Waals surface area contributed by atoms with Crippen molar-refractivity contribution in [3.8, 4) is 0 Å². The van der Waals surface area contributed by atoms with Crippen molar-refractivity contribution in [2.24, 2.45) is 0 Å². The number of rotatable bonds is 5. The van der Waals surface area contributed by atoms with Crippen LogP contribution < -0.4 is 5.32 Å². The Bertz CT molecular complexity index is 413. The molecule has 116 valence electrons. The zero-order valence-electron chi connectivity index (χ0n) is 10.6. The first kappa shape index (κ1) is 17.2. The van der Waals surface area contributed by atoms with Gasteiger partial charge in [-0.1, -0.05) is 18.3 Å². The molecule has 1 N–H and O–H groups in total. The standard InChI is InChI=1S/C10H13F6N3S/c1-3-4-17-5(2)7-18-19-8(20-7)6(9(11,12)13)10(14,15)16/h5-6,17H,3-4H2,1-2H3. The number of halogens is 6. The predicted molar refractivity (Wildman–Crippen MR) is 61.5 cm³/mol. The first-order chi connectivity index (χ1) is 9.07. The Hall–Kier alpha value is -0.900. The van der Waals surface area contributed by atoms with E-state index in [9.17, 15) is 26.3 Å². The van der Waals surface area contributed by atoms with Crippen LogP contribution in [0.1, 0.15) is 42.2 Å². The van der Waals surface area contributed by atoms with E-state index < -0.39 is 29.3 Å². The summed E-state index contributed by atoms with van der Waals surface area (Å²) in [5.41, 5.74) is 0. The summed E-state index contributed by atoms with van der Waals surface area (Å²) in [6.45, 7) is 4.07. The summed E-state index contributed by atoms with van der Waals surface area (Å²) in [5.74, 6) is -3.58. The zero-order chi connectivity index (χ0) is 15.6. The molecule has 0 bridgehead atoms. The Balaban J connectivity index is 2.98. The SMILES string of the molecule is CCCNC(C)c1nnc(C(C(F)(F)F)C(F)(F)F)s1. The van der Waals surface area contributed by atoms with E-state index in [0.717, 1.165) is 6.42 Å². The van der Waals surface area contributed by atoms with E-state index in [4.69, 9.17) is 0 Å². The molecule has 1 atom stereocenters. The van der Waals surface area contributed by atoms with Gasteiger partial charge in [0.05, 0.1) is 6.04 Å². The Labute approximate surface area is 115 Å². The van der Waals surface area contributed by atoms with Crippen molar-refractivity contribution in [1.82, 2.24) is 15.5 Å². The summed E-state index contributed by atoms with van der Waals surface area (Å²) in [6, 6.07) is -0.441. The second-order valence-electron chi connectivity index (χ2n) is 4.17. The molecule has 0 spiro atoms. The van der Waals surface area contributed by atoms with E-state index in [-0.39, 0.29) is 5.01 Å². The number of nitrogens with one attached hydrogen (secondary N) is 1. The van der Waals surface area contributed by atoms with Gasteiger partial charge in [0.25, 0.3) is 0 Å². The number of hydrogen-bond acceptors (Lipinski definition) is 4. The molecular weight excluding hydrogens is 308 g/mol. The Morgan fingerprint density at radius 2 is 1.55 bits per heavy atom. The Morgan fingerprint density at radius 1 is 1.05 bits per heavy atom. The van der Waals surface area contributed by atoms with Gasteiger partial charge in [0.15, 0.2) is 0 Å². The van der Waals surface area contributed by atoms with Gasteiger partial charge < -0.3 is 5.32 Å². The van der Waals surface area contributed by atoms with E-state index in [1.54, 1.807) is 6.92 Å². The van der Waals surface area contributed by atoms with Crippen molar-refractivity contribution in [1.29, 1.82) is 0 Å². The number of aromatic nitrogens is 2. The molecule has 1 aromatic rings. The van der Waals surface area contributed by atoms with Crippen molar-refractivity contribution in [2.45, 2.75) is 44.6 Å². The van der Waals surface area contributed by atoms with Crippen LogP contribution in [0.3, 0.4) is 0 Å². The highest BCUT2D eigenvalue weighted by Crippen LogP contribution is 2.47. The monoisotopic (exact) mass is 321 g/mol. The van der Waals surface area contributed by atoms with E-state index >= 15 is 0 Å². The maximum absolute atomic E-state index is 12.5. The second-order valence-corrected chi connectivity index (χ2v) is 5.21. The molecule has 0 amide bonds. The molecule has 0 aliphatic carbocycles. The van der Waals surface area contributed by atoms with Crippen LogP contribution in [0.15, 0.2) is 0 Å². The third kappa shape index (κ3) is 4.30. The summed E-state index contributed by atoms with van der Waals surface area (Å²) in [6.07, 6.45) is -10.1. The third-order valence-corrected chi connectivity index (χ3v) is 3.60. The number of alkyl halides is 6. The fourth-order valence-corrected chi connectivity index (χ4v) is 2.47. The van der Waals surface area contributed by atoms with E-state index in [1.807, 2.05) is 6.92 Å². The third-order valence-electron chi connectivity index (χ3n) is 2.43. The molecule has 1 unspecified atom stereocenters. The van der Waals surface area contributed by atoms with Gasteiger partial charge in [-0.25, -0.2) is 0 Å². The van der Waals surface area contributed by atoms with Crippen LogP contribution in [0.5, 0.6) is 0 Å². The van der Waals surface area contributed by atoms with E-state index in [0.29, 0.717) is 17.9 Å². The first-order valence-electron chi connectivity index (χ1n) is 5.77. The maximum atomic E-state index is 12.5. The van der Waals surface area contributed by atoms with Crippen molar-refractivity contribution < 1.29 is 26.3 Å². The van der Waals surface area contributed by atoms with Gasteiger partial charge in [0.2, 0.25) is 5.92 Å². The molecule has 3 nitrogen and oxygen atoms in total. The van der Waals surface area contributed by atoms with Gasteiger partial charge >= 0.3 is 12.4 Å². The van der Waals surface area contributed by atoms with Crippen molar-refractivity contribution in [3.05, 3.63) is 10.0 Å². The number of hydrogen-bond donors (Lipinski definition) is 1. The van der Waals surface area contributed by atoms with Gasteiger partial charge in [0.1, 0.15) is 10.0 Å². The summed E-state index contributed by atoms with van der Waals surface area (Å²) in [4.78, 5) is 0. The van der Waals surface area contributed by atoms with Crippen LogP contribution in [-0.4, -0.2) is 29.1 Å². The van der Waals surface area contributed by atoms with Crippen LogP contribution in [0.4, 0.5) is 26.3 Å². The minimum atomic E-state index is -5.44. The van der Waals surface area contributed by atoms with Crippen molar-refractivity contribution >= 4 is 11.3 Å². The summed E-state index contributed by atoms with van der Waals surface area (Å²) in [5, 5.41) is 8.44. The smallest absolute Gasteiger partial charge is 0.308 e. The van der Waals surface area contributed by atoms with Crippen LogP contribution in [-0.2, 0) is 0 Å². The molecule has 0 saturated heterocycles. The Morgan fingerprint density at radius 3 is 2.00 bits per heavy atom. The normalized spacial score (nSPS) is 14.8. The van der Waals surface area contributed by atoms with Crippen molar-refractivity contribution in [3.63, 3.8) is 0 Å². The lowest BCUT2D eigenvalue weighted by Crippen LogP contribution is -2.34. The van der Waals surface area contributed by atoms with Gasteiger partial charge in [-0.3, -0.25) is 0 Å². The molecule has 0 aliphatic heterocycles. The van der Waals surface area contributed by atoms with Crippen LogP contribution in [0.2, 0.25) is 0 Å². The molecule has 20 heavy (non-hydrogen) atoms. The maximum Gasteiger partial charge on any atom is 0.406 e. The average Bonchev–Trinajstić information content (AvgIpc) is 2.70. The highest BCUT2D eigenvalue weighted by molar-refractivity contribution is 7.11. The minimum Gasteiger partial charge on any atom is -0.308 e. The molecule has 0 aliphatic rings. The molecule has 0 aromatic carbocycles. The van der Waals surface area contributed by atoms with E-state index in [1.165, 1.54) is 0 Å². The lowest BCUT2D eigenvalue weighted by molar-refractivity contribution is -0.253. The Kier molecular flexibility index (Phi) is 5.36. The van der Waals surface area contributed by atoms with Crippen LogP contribution in [0.25, 0.3) is 0 Å². The topological polar surface area (TPSA) is 37.8 Å². The molecule has 0 fully saturated rings. The summed E-state index contributed by atoms with van der Waals surface area (Å²) < 4.78 is 75.1. The number of nitrogens with zero attached hydrogens (tertiary/aromatic N) is 2.